The number of hydrogen-bond donors (Lipinski definition) is 1. The van der Waals surface area contributed by atoms with Crippen LogP contribution in [-0.4, -0.2) is 42.1 Å². The highest BCUT2D eigenvalue weighted by Crippen LogP contribution is 2.27. The van der Waals surface area contributed by atoms with Crippen molar-refractivity contribution in [1.29, 1.82) is 0 Å². The summed E-state index contributed by atoms with van der Waals surface area (Å²) in [6.45, 7) is 3.72. The second-order valence-electron chi connectivity index (χ2n) is 7.95. The number of anilines is 2. The van der Waals surface area contributed by atoms with Crippen molar-refractivity contribution in [3.8, 4) is 0 Å². The summed E-state index contributed by atoms with van der Waals surface area (Å²) >= 11 is 0. The van der Waals surface area contributed by atoms with Gasteiger partial charge in [0.25, 0.3) is 0 Å². The highest BCUT2D eigenvalue weighted by atomic mass is 16.2. The fraction of sp³-hybridized carbons (Fsp3) is 0.478. The van der Waals surface area contributed by atoms with Crippen molar-refractivity contribution in [2.45, 2.75) is 38.5 Å². The largest absolute Gasteiger partial charge is 0.355 e. The summed E-state index contributed by atoms with van der Waals surface area (Å²) in [5, 5.41) is 3.11. The molecule has 5 heteroatoms. The van der Waals surface area contributed by atoms with Crippen LogP contribution in [-0.2, 0) is 6.42 Å². The number of benzene rings is 1. The number of urea groups is 1. The maximum absolute atomic E-state index is 12.8. The number of pyridine rings is 1. The lowest BCUT2D eigenvalue weighted by atomic mass is 9.90. The van der Waals surface area contributed by atoms with E-state index in [1.807, 2.05) is 23.2 Å². The smallest absolute Gasteiger partial charge is 0.321 e. The van der Waals surface area contributed by atoms with Gasteiger partial charge in [-0.2, -0.15) is 0 Å². The summed E-state index contributed by atoms with van der Waals surface area (Å²) in [7, 11) is 0. The molecule has 2 aliphatic rings. The van der Waals surface area contributed by atoms with Gasteiger partial charge in [-0.15, -0.1) is 0 Å². The number of rotatable bonds is 5. The predicted octanol–water partition coefficient (Wildman–Crippen LogP) is 4.56. The van der Waals surface area contributed by atoms with Crippen molar-refractivity contribution < 1.29 is 4.79 Å². The molecule has 0 bridgehead atoms. The first-order chi connectivity index (χ1) is 13.8. The van der Waals surface area contributed by atoms with Crippen LogP contribution in [0.4, 0.5) is 16.3 Å². The highest BCUT2D eigenvalue weighted by molar-refractivity contribution is 5.92. The zero-order valence-electron chi connectivity index (χ0n) is 16.5. The molecule has 2 saturated heterocycles. The lowest BCUT2D eigenvalue weighted by molar-refractivity contribution is 0.180. The Bertz CT molecular complexity index is 765. The monoisotopic (exact) mass is 378 g/mol. The van der Waals surface area contributed by atoms with E-state index in [9.17, 15) is 4.79 Å². The second-order valence-corrected chi connectivity index (χ2v) is 7.95. The summed E-state index contributed by atoms with van der Waals surface area (Å²) < 4.78 is 0. The van der Waals surface area contributed by atoms with E-state index in [-0.39, 0.29) is 6.03 Å². The van der Waals surface area contributed by atoms with Crippen molar-refractivity contribution >= 4 is 17.5 Å². The Labute approximate surface area is 167 Å². The van der Waals surface area contributed by atoms with Crippen molar-refractivity contribution in [2.24, 2.45) is 5.92 Å². The molecule has 5 nitrogen and oxygen atoms in total. The Morgan fingerprint density at radius 2 is 1.75 bits per heavy atom. The first-order valence-corrected chi connectivity index (χ1v) is 10.6. The number of carbonyl (C=O) groups excluding carboxylic acids is 1. The molecule has 0 aliphatic carbocycles. The van der Waals surface area contributed by atoms with Gasteiger partial charge in [0.2, 0.25) is 0 Å². The van der Waals surface area contributed by atoms with E-state index in [4.69, 9.17) is 0 Å². The van der Waals surface area contributed by atoms with Crippen LogP contribution in [0.5, 0.6) is 0 Å². The zero-order chi connectivity index (χ0) is 19.2. The molecule has 2 amide bonds. The van der Waals surface area contributed by atoms with Crippen LogP contribution in [0, 0.1) is 5.92 Å². The fourth-order valence-electron chi connectivity index (χ4n) is 4.31. The van der Waals surface area contributed by atoms with Gasteiger partial charge in [-0.05, 0) is 62.1 Å². The minimum atomic E-state index is 0.00922. The second kappa shape index (κ2) is 9.09. The Morgan fingerprint density at radius 1 is 1.00 bits per heavy atom. The number of aryl methyl sites for hydroxylation is 1. The van der Waals surface area contributed by atoms with Crippen LogP contribution >= 0.6 is 0 Å². The maximum Gasteiger partial charge on any atom is 0.321 e. The normalized spacial score (nSPS) is 17.7. The average molecular weight is 379 g/mol. The molecule has 4 rings (SSSR count). The molecule has 2 fully saturated rings. The van der Waals surface area contributed by atoms with E-state index >= 15 is 0 Å². The van der Waals surface area contributed by atoms with Crippen LogP contribution in [0.1, 0.15) is 37.7 Å². The number of amides is 2. The third kappa shape index (κ3) is 4.64. The quantitative estimate of drug-likeness (QED) is 0.830. The predicted molar refractivity (Wildman–Crippen MR) is 114 cm³/mol. The Kier molecular flexibility index (Phi) is 6.10. The van der Waals surface area contributed by atoms with Crippen LogP contribution in [0.2, 0.25) is 0 Å². The van der Waals surface area contributed by atoms with Crippen LogP contribution < -0.4 is 10.2 Å². The number of piperidine rings is 1. The van der Waals surface area contributed by atoms with E-state index in [1.54, 1.807) is 0 Å². The van der Waals surface area contributed by atoms with Crippen LogP contribution in [0.25, 0.3) is 0 Å². The van der Waals surface area contributed by atoms with Gasteiger partial charge in [0, 0.05) is 32.4 Å². The Balaban J connectivity index is 1.28. The standard InChI is InChI=1S/C23H30N4O/c28-23(25-21-9-6-14-24-22(21)26-15-4-5-16-26)27-17-12-20(13-18-27)11-10-19-7-2-1-3-8-19/h1-3,6-9,14,20H,4-5,10-13,15-18H2,(H,25,28). The van der Waals surface area contributed by atoms with E-state index in [2.05, 4.69) is 45.5 Å². The topological polar surface area (TPSA) is 48.5 Å². The van der Waals surface area contributed by atoms with Crippen molar-refractivity contribution in [1.82, 2.24) is 9.88 Å². The molecule has 3 heterocycles. The molecule has 0 atom stereocenters. The van der Waals surface area contributed by atoms with Crippen molar-refractivity contribution in [3.05, 3.63) is 54.2 Å². The molecule has 0 radical (unpaired) electrons. The lowest BCUT2D eigenvalue weighted by Crippen LogP contribution is -2.41. The van der Waals surface area contributed by atoms with E-state index in [0.29, 0.717) is 5.92 Å². The maximum atomic E-state index is 12.8. The minimum Gasteiger partial charge on any atom is -0.355 e. The van der Waals surface area contributed by atoms with Gasteiger partial charge < -0.3 is 15.1 Å². The zero-order valence-corrected chi connectivity index (χ0v) is 16.5. The van der Waals surface area contributed by atoms with Gasteiger partial charge in [0.15, 0.2) is 5.82 Å². The number of nitrogens with one attached hydrogen (secondary N) is 1. The Hall–Kier alpha value is -2.56. The molecule has 1 aromatic carbocycles. The molecule has 1 aromatic heterocycles. The molecular weight excluding hydrogens is 348 g/mol. The SMILES string of the molecule is O=C(Nc1cccnc1N1CCCC1)N1CCC(CCc2ccccc2)CC1. The number of carbonyl (C=O) groups is 1. The number of likely N-dealkylation sites (tertiary alicyclic amines) is 1. The molecule has 0 spiro atoms. The van der Waals surface area contributed by atoms with Gasteiger partial charge in [-0.1, -0.05) is 30.3 Å². The third-order valence-corrected chi connectivity index (χ3v) is 6.02. The number of nitrogens with zero attached hydrogens (tertiary/aromatic N) is 3. The summed E-state index contributed by atoms with van der Waals surface area (Å²) in [5.41, 5.74) is 2.24. The third-order valence-electron chi connectivity index (χ3n) is 6.02. The van der Waals surface area contributed by atoms with Gasteiger partial charge in [0.05, 0.1) is 5.69 Å². The Morgan fingerprint density at radius 3 is 2.50 bits per heavy atom. The first-order valence-electron chi connectivity index (χ1n) is 10.6. The van der Waals surface area contributed by atoms with Crippen LogP contribution in [0.15, 0.2) is 48.7 Å². The molecule has 0 saturated carbocycles. The summed E-state index contributed by atoms with van der Waals surface area (Å²) in [4.78, 5) is 21.5. The highest BCUT2D eigenvalue weighted by Gasteiger charge is 2.24. The lowest BCUT2D eigenvalue weighted by Gasteiger charge is -2.32. The van der Waals surface area contributed by atoms with E-state index < -0.39 is 0 Å². The molecule has 2 aromatic rings. The molecular formula is C23H30N4O. The van der Waals surface area contributed by atoms with Gasteiger partial charge in [-0.3, -0.25) is 0 Å². The minimum absolute atomic E-state index is 0.00922. The van der Waals surface area contributed by atoms with Gasteiger partial charge in [-0.25, -0.2) is 9.78 Å². The summed E-state index contributed by atoms with van der Waals surface area (Å²) in [6, 6.07) is 14.6. The molecule has 2 aliphatic heterocycles. The molecule has 1 N–H and O–H groups in total. The van der Waals surface area contributed by atoms with Crippen LogP contribution in [0.3, 0.4) is 0 Å². The average Bonchev–Trinajstić information content (AvgIpc) is 3.28. The first kappa shape index (κ1) is 18.8. The summed E-state index contributed by atoms with van der Waals surface area (Å²) in [5.74, 6) is 1.62. The fourth-order valence-corrected chi connectivity index (χ4v) is 4.31. The van der Waals surface area contributed by atoms with Gasteiger partial charge >= 0.3 is 6.03 Å². The molecule has 0 unspecified atom stereocenters. The summed E-state index contributed by atoms with van der Waals surface area (Å²) in [6.07, 6.45) is 8.72. The molecule has 148 valence electrons. The van der Waals surface area contributed by atoms with Gasteiger partial charge in [0.1, 0.15) is 0 Å². The van der Waals surface area contributed by atoms with E-state index in [0.717, 1.165) is 56.9 Å². The number of aromatic nitrogens is 1. The molecule has 28 heavy (non-hydrogen) atoms. The van der Waals surface area contributed by atoms with E-state index in [1.165, 1.54) is 24.8 Å². The van der Waals surface area contributed by atoms with Crippen molar-refractivity contribution in [3.63, 3.8) is 0 Å². The van der Waals surface area contributed by atoms with Crippen molar-refractivity contribution in [2.75, 3.05) is 36.4 Å². The number of hydrogen-bond acceptors (Lipinski definition) is 3.